The largest absolute Gasteiger partial charge is 0.335 e. The summed E-state index contributed by atoms with van der Waals surface area (Å²) >= 11 is 3.36. The third-order valence-electron chi connectivity index (χ3n) is 9.62. The van der Waals surface area contributed by atoms with Crippen molar-refractivity contribution in [2.75, 3.05) is 50.9 Å². The van der Waals surface area contributed by atoms with Gasteiger partial charge >= 0.3 is 0 Å². The van der Waals surface area contributed by atoms with Crippen LogP contribution in [-0.2, 0) is 58.2 Å². The molecule has 4 aliphatic rings. The van der Waals surface area contributed by atoms with E-state index in [0.29, 0.717) is 37.8 Å². The predicted octanol–water partition coefficient (Wildman–Crippen LogP) is 5.05. The molecule has 6 heterocycles. The molecule has 0 radical (unpaired) electrons. The number of nitrogens with one attached hydrogen (secondary N) is 2. The molecule has 0 saturated heterocycles. The predicted molar refractivity (Wildman–Crippen MR) is 216 cm³/mol. The summed E-state index contributed by atoms with van der Waals surface area (Å²) < 4.78 is 0.931. The van der Waals surface area contributed by atoms with Gasteiger partial charge in [-0.15, -0.1) is 0 Å². The Hall–Kier alpha value is -5.50. The van der Waals surface area contributed by atoms with Crippen molar-refractivity contribution >= 4 is 57.3 Å². The van der Waals surface area contributed by atoms with Crippen molar-refractivity contribution in [1.82, 2.24) is 29.6 Å². The van der Waals surface area contributed by atoms with Crippen LogP contribution in [0.5, 0.6) is 0 Å². The molecular weight excluding hydrogens is 760 g/mol. The maximum Gasteiger partial charge on any atom is 0.246 e. The van der Waals surface area contributed by atoms with Crippen LogP contribution in [0, 0.1) is 0 Å². The molecule has 0 spiro atoms. The van der Waals surface area contributed by atoms with E-state index in [1.807, 2.05) is 70.1 Å². The third kappa shape index (κ3) is 10.6. The molecule has 0 aliphatic carbocycles. The summed E-state index contributed by atoms with van der Waals surface area (Å²) in [6.07, 6.45) is 10.00. The second-order valence-corrected chi connectivity index (χ2v) is 14.9. The molecule has 0 bridgehead atoms. The number of halogens is 1. The minimum atomic E-state index is -0.0624. The van der Waals surface area contributed by atoms with E-state index in [1.54, 1.807) is 24.5 Å². The lowest BCUT2D eigenvalue weighted by molar-refractivity contribution is -0.127. The van der Waals surface area contributed by atoms with E-state index >= 15 is 0 Å². The normalized spacial score (nSPS) is 16.6. The first-order valence-electron chi connectivity index (χ1n) is 18.2. The monoisotopic (exact) mass is 804 g/mol. The summed E-state index contributed by atoms with van der Waals surface area (Å²) in [5, 5.41) is 5.58. The first-order chi connectivity index (χ1) is 26.5. The minimum absolute atomic E-state index is 0.00451. The molecule has 8 rings (SSSR count). The summed E-state index contributed by atoms with van der Waals surface area (Å²) in [6.45, 7) is 8.55. The fourth-order valence-corrected chi connectivity index (χ4v) is 7.24. The molecule has 0 atom stereocenters. The summed E-state index contributed by atoms with van der Waals surface area (Å²) in [7, 11) is 3.81. The SMILES string of the molecule is C=CC(=O)N1CCc2ccccc2C1.CN1CC(=O)Nc2ncc(/C=C/C(=O)N3CCc4ccccc4C3)cc2C1.CN1CC(=O)Nc2ncc(Br)cc2C1. The van der Waals surface area contributed by atoms with Crippen molar-refractivity contribution in [3.63, 3.8) is 0 Å². The summed E-state index contributed by atoms with van der Waals surface area (Å²) in [5.74, 6) is 1.22. The summed E-state index contributed by atoms with van der Waals surface area (Å²) in [5.41, 5.74) is 8.00. The second kappa shape index (κ2) is 18.2. The van der Waals surface area contributed by atoms with E-state index in [0.717, 1.165) is 60.2 Å². The lowest BCUT2D eigenvalue weighted by Gasteiger charge is -2.27. The van der Waals surface area contributed by atoms with Gasteiger partial charge in [0.25, 0.3) is 0 Å². The number of fused-ring (bicyclic) bond motifs is 4. The molecule has 2 aromatic heterocycles. The molecule has 0 saturated carbocycles. The van der Waals surface area contributed by atoms with Gasteiger partial charge in [-0.1, -0.05) is 55.1 Å². The van der Waals surface area contributed by atoms with Gasteiger partial charge < -0.3 is 20.4 Å². The number of nitrogens with zero attached hydrogens (tertiary/aromatic N) is 6. The molecule has 284 valence electrons. The quantitative estimate of drug-likeness (QED) is 0.276. The molecule has 4 amide bonds. The Kier molecular flexibility index (Phi) is 13.0. The van der Waals surface area contributed by atoms with Crippen LogP contribution in [0.3, 0.4) is 0 Å². The molecule has 0 fully saturated rings. The maximum atomic E-state index is 12.6. The highest BCUT2D eigenvalue weighted by Crippen LogP contribution is 2.23. The Morgan fingerprint density at radius 1 is 0.673 bits per heavy atom. The van der Waals surface area contributed by atoms with Gasteiger partial charge in [-0.2, -0.15) is 0 Å². The number of anilines is 2. The lowest BCUT2D eigenvalue weighted by Crippen LogP contribution is -2.34. The van der Waals surface area contributed by atoms with Crippen LogP contribution in [0.2, 0.25) is 0 Å². The van der Waals surface area contributed by atoms with Crippen LogP contribution in [0.25, 0.3) is 6.08 Å². The molecule has 2 aromatic carbocycles. The number of rotatable bonds is 3. The molecule has 2 N–H and O–H groups in total. The number of carbonyl (C=O) groups excluding carboxylic acids is 4. The van der Waals surface area contributed by atoms with E-state index in [9.17, 15) is 19.2 Å². The molecule has 55 heavy (non-hydrogen) atoms. The van der Waals surface area contributed by atoms with Crippen molar-refractivity contribution in [1.29, 1.82) is 0 Å². The van der Waals surface area contributed by atoms with Crippen LogP contribution in [0.4, 0.5) is 11.6 Å². The number of amides is 4. The molecule has 0 unspecified atom stereocenters. The highest BCUT2D eigenvalue weighted by molar-refractivity contribution is 9.10. The molecular formula is C42H45BrN8O4. The molecule has 12 nitrogen and oxygen atoms in total. The van der Waals surface area contributed by atoms with Crippen molar-refractivity contribution in [3.05, 3.63) is 135 Å². The van der Waals surface area contributed by atoms with Crippen molar-refractivity contribution in [3.8, 4) is 0 Å². The van der Waals surface area contributed by atoms with E-state index < -0.39 is 0 Å². The topological polar surface area (TPSA) is 131 Å². The number of hydrogen-bond donors (Lipinski definition) is 2. The lowest BCUT2D eigenvalue weighted by atomic mass is 10.00. The van der Waals surface area contributed by atoms with Crippen molar-refractivity contribution < 1.29 is 19.2 Å². The fraction of sp³-hybridized carbons (Fsp3) is 0.286. The van der Waals surface area contributed by atoms with Gasteiger partial charge in [0.2, 0.25) is 23.6 Å². The second-order valence-electron chi connectivity index (χ2n) is 14.0. The number of likely N-dealkylation sites (N-methyl/N-ethyl adjacent to an activating group) is 2. The average Bonchev–Trinajstić information content (AvgIpc) is 3.42. The molecule has 4 aromatic rings. The van der Waals surface area contributed by atoms with Gasteiger partial charge in [-0.3, -0.25) is 29.0 Å². The number of aromatic nitrogens is 2. The fourth-order valence-electron chi connectivity index (χ4n) is 6.86. The number of pyridine rings is 2. The standard InChI is InChI=1S/C21H22N4O2.C12H13NO.C9H10BrN3O/c1-24-12-18-10-15(11-22-21(18)23-19(26)14-24)6-7-20(27)25-9-8-16-4-2-3-5-17(16)13-25;1-2-12(14)13-8-7-10-5-3-4-6-11(10)9-13;1-13-4-6-2-7(10)3-11-9(6)12-8(14)5-13/h2-7,10-11H,8-9,12-14H2,1H3,(H,22,23,26);2-6H,1,7-9H2;2-3H,4-5H2,1H3,(H,11,12,14)/b7-6+;;. The van der Waals surface area contributed by atoms with Crippen molar-refractivity contribution in [2.45, 2.75) is 39.0 Å². The summed E-state index contributed by atoms with van der Waals surface area (Å²) in [6, 6.07) is 20.5. The highest BCUT2D eigenvalue weighted by Gasteiger charge is 2.21. The Labute approximate surface area is 330 Å². The van der Waals surface area contributed by atoms with Gasteiger partial charge in [-0.05, 0) is 95.0 Å². The van der Waals surface area contributed by atoms with Gasteiger partial charge in [0.1, 0.15) is 11.6 Å². The Balaban J connectivity index is 0.000000155. The molecule has 4 aliphatic heterocycles. The highest BCUT2D eigenvalue weighted by atomic mass is 79.9. The van der Waals surface area contributed by atoms with E-state index in [2.05, 4.69) is 67.4 Å². The van der Waals surface area contributed by atoms with Crippen LogP contribution >= 0.6 is 15.9 Å². The minimum Gasteiger partial charge on any atom is -0.335 e. The van der Waals surface area contributed by atoms with Crippen LogP contribution in [0.1, 0.15) is 38.9 Å². The first-order valence-corrected chi connectivity index (χ1v) is 19.0. The Morgan fingerprint density at radius 2 is 1.16 bits per heavy atom. The Bertz CT molecular complexity index is 2120. The number of hydrogen-bond acceptors (Lipinski definition) is 8. The first kappa shape index (κ1) is 39.2. The smallest absolute Gasteiger partial charge is 0.246 e. The van der Waals surface area contributed by atoms with E-state index in [4.69, 9.17) is 0 Å². The van der Waals surface area contributed by atoms with Crippen LogP contribution in [0.15, 0.2) is 96.3 Å². The summed E-state index contributed by atoms with van der Waals surface area (Å²) in [4.78, 5) is 63.1. The van der Waals surface area contributed by atoms with Crippen LogP contribution in [-0.4, -0.2) is 93.5 Å². The maximum absolute atomic E-state index is 12.6. The zero-order valence-corrected chi connectivity index (χ0v) is 32.7. The zero-order chi connectivity index (χ0) is 38.9. The molecule has 13 heteroatoms. The van der Waals surface area contributed by atoms with Gasteiger partial charge in [-0.25, -0.2) is 9.97 Å². The van der Waals surface area contributed by atoms with Gasteiger partial charge in [0.05, 0.1) is 13.1 Å². The van der Waals surface area contributed by atoms with Crippen molar-refractivity contribution in [2.24, 2.45) is 0 Å². The van der Waals surface area contributed by atoms with E-state index in [-0.39, 0.29) is 23.6 Å². The van der Waals surface area contributed by atoms with Gasteiger partial charge in [0.15, 0.2) is 0 Å². The average molecular weight is 806 g/mol. The van der Waals surface area contributed by atoms with Crippen LogP contribution < -0.4 is 10.6 Å². The third-order valence-corrected chi connectivity index (χ3v) is 10.1. The Morgan fingerprint density at radius 3 is 1.71 bits per heavy atom. The number of carbonyl (C=O) groups is 4. The zero-order valence-electron chi connectivity index (χ0n) is 31.1. The number of benzene rings is 2. The van der Waals surface area contributed by atoms with Gasteiger partial charge in [0, 0.05) is 73.3 Å². The van der Waals surface area contributed by atoms with E-state index in [1.165, 1.54) is 28.3 Å².